The number of rotatable bonds is 14. The van der Waals surface area contributed by atoms with Crippen molar-refractivity contribution in [2.24, 2.45) is 0 Å². The van der Waals surface area contributed by atoms with Gasteiger partial charge in [0.1, 0.15) is 30.5 Å². The van der Waals surface area contributed by atoms with Crippen LogP contribution >= 0.6 is 0 Å². The molecule has 3 unspecified atom stereocenters. The second-order valence-electron chi connectivity index (χ2n) is 11.3. The van der Waals surface area contributed by atoms with E-state index in [9.17, 15) is 0 Å². The Bertz CT molecular complexity index is 1520. The van der Waals surface area contributed by atoms with Crippen LogP contribution in [-0.2, 0) is 50.1 Å². The first-order valence-electron chi connectivity index (χ1n) is 15.6. The smallest absolute Gasteiger partial charge is 0.117 e. The lowest BCUT2D eigenvalue weighted by atomic mass is 9.90. The molecule has 1 aliphatic rings. The summed E-state index contributed by atoms with van der Waals surface area (Å²) < 4.78 is 33.6. The summed E-state index contributed by atoms with van der Waals surface area (Å²) in [6.45, 7) is 2.07. The van der Waals surface area contributed by atoms with Crippen molar-refractivity contribution in [3.63, 3.8) is 0 Å². The van der Waals surface area contributed by atoms with Crippen LogP contribution in [0.2, 0.25) is 0 Å². The molecule has 0 aromatic heterocycles. The van der Waals surface area contributed by atoms with Gasteiger partial charge in [-0.3, -0.25) is 0 Å². The monoisotopic (exact) mass is 600 g/mol. The topological polar surface area (TPSA) is 46.2 Å². The molecule has 1 saturated heterocycles. The van der Waals surface area contributed by atoms with Crippen molar-refractivity contribution in [1.29, 1.82) is 0 Å². The van der Waals surface area contributed by atoms with Gasteiger partial charge < -0.3 is 23.7 Å². The van der Waals surface area contributed by atoms with Gasteiger partial charge in [0, 0.05) is 0 Å². The summed E-state index contributed by atoms with van der Waals surface area (Å²) >= 11 is 0. The van der Waals surface area contributed by atoms with Crippen LogP contribution in [0.3, 0.4) is 0 Å². The zero-order valence-corrected chi connectivity index (χ0v) is 25.4. The molecule has 0 bridgehead atoms. The van der Waals surface area contributed by atoms with E-state index in [2.05, 4.69) is 60.7 Å². The van der Waals surface area contributed by atoms with E-state index in [1.54, 1.807) is 0 Å². The molecular weight excluding hydrogens is 560 g/mol. The molecule has 5 nitrogen and oxygen atoms in total. The minimum atomic E-state index is -0.453. The summed E-state index contributed by atoms with van der Waals surface area (Å²) in [4.78, 5) is 0. The Balaban J connectivity index is 1.32. The summed E-state index contributed by atoms with van der Waals surface area (Å²) in [6, 6.07) is 51.1. The maximum Gasteiger partial charge on any atom is 0.117 e. The molecule has 1 heterocycles. The van der Waals surface area contributed by atoms with Gasteiger partial charge in [0.25, 0.3) is 0 Å². The van der Waals surface area contributed by atoms with Crippen molar-refractivity contribution in [3.05, 3.63) is 179 Å². The lowest BCUT2D eigenvalue weighted by molar-refractivity contribution is -0.275. The predicted molar refractivity (Wildman–Crippen MR) is 175 cm³/mol. The molecule has 6 rings (SSSR count). The molecule has 0 amide bonds. The summed E-state index contributed by atoms with van der Waals surface area (Å²) in [7, 11) is 0. The highest BCUT2D eigenvalue weighted by Gasteiger charge is 2.49. The van der Waals surface area contributed by atoms with Crippen molar-refractivity contribution in [2.45, 2.75) is 56.9 Å². The number of ether oxygens (including phenoxy) is 5. The van der Waals surface area contributed by atoms with Crippen molar-refractivity contribution in [2.75, 3.05) is 6.61 Å². The number of hydrogen-bond acceptors (Lipinski definition) is 5. The maximum absolute atomic E-state index is 6.94. The van der Waals surface area contributed by atoms with Gasteiger partial charge in [-0.25, -0.2) is 0 Å². The van der Waals surface area contributed by atoms with Crippen LogP contribution in [0.15, 0.2) is 152 Å². The van der Waals surface area contributed by atoms with Gasteiger partial charge in [-0.1, -0.05) is 152 Å². The second-order valence-corrected chi connectivity index (χ2v) is 11.3. The Morgan fingerprint density at radius 2 is 0.778 bits per heavy atom. The quantitative estimate of drug-likeness (QED) is 0.129. The van der Waals surface area contributed by atoms with E-state index >= 15 is 0 Å². The average molecular weight is 601 g/mol. The van der Waals surface area contributed by atoms with Crippen molar-refractivity contribution >= 4 is 0 Å². The molecule has 5 atom stereocenters. The van der Waals surface area contributed by atoms with E-state index in [1.807, 2.05) is 91.0 Å². The van der Waals surface area contributed by atoms with Crippen molar-refractivity contribution < 1.29 is 23.7 Å². The third kappa shape index (κ3) is 8.76. The molecule has 5 aromatic carbocycles. The summed E-state index contributed by atoms with van der Waals surface area (Å²) in [5.74, 6) is 0. The van der Waals surface area contributed by atoms with Crippen LogP contribution in [0.1, 0.15) is 33.9 Å². The maximum atomic E-state index is 6.94. The Hall–Kier alpha value is -4.10. The molecule has 5 heteroatoms. The lowest BCUT2D eigenvalue weighted by Gasteiger charge is -2.46. The van der Waals surface area contributed by atoms with Gasteiger partial charge in [0.05, 0.1) is 33.0 Å². The summed E-state index contributed by atoms with van der Waals surface area (Å²) in [6.07, 6.45) is -2.13. The first-order valence-corrected chi connectivity index (χ1v) is 15.6. The normalized spacial score (nSPS) is 21.4. The van der Waals surface area contributed by atoms with Crippen LogP contribution in [-0.4, -0.2) is 31.0 Å². The van der Waals surface area contributed by atoms with E-state index in [-0.39, 0.29) is 0 Å². The Labute approximate surface area is 266 Å². The van der Waals surface area contributed by atoms with Gasteiger partial charge >= 0.3 is 0 Å². The third-order valence-electron chi connectivity index (χ3n) is 8.01. The van der Waals surface area contributed by atoms with Gasteiger partial charge in [-0.05, 0) is 27.8 Å². The summed E-state index contributed by atoms with van der Waals surface area (Å²) in [5.41, 5.74) is 5.38. The second kappa shape index (κ2) is 16.3. The van der Waals surface area contributed by atoms with E-state index in [1.165, 1.54) is 0 Å². The molecule has 0 aliphatic carbocycles. The molecule has 0 radical (unpaired) electrons. The molecule has 0 N–H and O–H groups in total. The molecule has 230 valence electrons. The van der Waals surface area contributed by atoms with Crippen LogP contribution in [0.4, 0.5) is 0 Å². The first-order chi connectivity index (χ1) is 22.3. The predicted octanol–water partition coefficient (Wildman–Crippen LogP) is 8.10. The number of hydrogen-bond donors (Lipinski definition) is 0. The first kappa shape index (κ1) is 30.9. The highest BCUT2D eigenvalue weighted by molar-refractivity contribution is 5.22. The third-order valence-corrected chi connectivity index (χ3v) is 8.01. The molecule has 1 fully saturated rings. The van der Waals surface area contributed by atoms with Crippen LogP contribution < -0.4 is 0 Å². The molecular formula is C40H40O5. The summed E-state index contributed by atoms with van der Waals surface area (Å²) in [5, 5.41) is 0. The highest BCUT2D eigenvalue weighted by atomic mass is 16.6. The molecule has 5 aromatic rings. The van der Waals surface area contributed by atoms with Gasteiger partial charge in [0.15, 0.2) is 0 Å². The Morgan fingerprint density at radius 1 is 0.400 bits per heavy atom. The zero-order valence-electron chi connectivity index (χ0n) is 25.4. The van der Waals surface area contributed by atoms with E-state index in [0.717, 1.165) is 27.8 Å². The Morgan fingerprint density at radius 3 is 1.24 bits per heavy atom. The Kier molecular flexibility index (Phi) is 11.2. The van der Waals surface area contributed by atoms with Gasteiger partial charge in [-0.2, -0.15) is 0 Å². The minimum absolute atomic E-state index is 0.342. The van der Waals surface area contributed by atoms with Crippen LogP contribution in [0.5, 0.6) is 0 Å². The molecule has 1 aliphatic heterocycles. The van der Waals surface area contributed by atoms with E-state index in [4.69, 9.17) is 23.7 Å². The fourth-order valence-electron chi connectivity index (χ4n) is 5.70. The largest absolute Gasteiger partial charge is 0.374 e. The van der Waals surface area contributed by atoms with Crippen LogP contribution in [0, 0.1) is 0 Å². The fraction of sp³-hybridized carbons (Fsp3) is 0.250. The number of benzene rings is 5. The lowest BCUT2D eigenvalue weighted by Crippen LogP contribution is -2.58. The zero-order chi connectivity index (χ0) is 30.5. The molecule has 45 heavy (non-hydrogen) atoms. The van der Waals surface area contributed by atoms with E-state index in [0.29, 0.717) is 33.0 Å². The fourth-order valence-corrected chi connectivity index (χ4v) is 5.70. The van der Waals surface area contributed by atoms with E-state index < -0.39 is 30.5 Å². The average Bonchev–Trinajstić information content (AvgIpc) is 3.11. The van der Waals surface area contributed by atoms with Gasteiger partial charge in [-0.15, -0.1) is 0 Å². The van der Waals surface area contributed by atoms with Crippen molar-refractivity contribution in [1.82, 2.24) is 0 Å². The van der Waals surface area contributed by atoms with Gasteiger partial charge in [0.2, 0.25) is 0 Å². The minimum Gasteiger partial charge on any atom is -0.374 e. The molecule has 0 saturated carbocycles. The standard InChI is InChI=1S/C40H40O5/c1-6-16-31(17-7-1)26-41-30-36-38(42-27-32-18-8-2-9-19-32)40(44-29-34-22-12-4-13-23-34)39(43-28-33-20-10-3-11-21-33)37(45-36)35-24-14-5-15-25-35/h1-25,36-40H,26-30H2/t36?,37-,38-,39?,40?/m0/s1. The highest BCUT2D eigenvalue weighted by Crippen LogP contribution is 2.38. The van der Waals surface area contributed by atoms with Crippen molar-refractivity contribution in [3.8, 4) is 0 Å². The van der Waals surface area contributed by atoms with Crippen LogP contribution in [0.25, 0.3) is 0 Å². The molecule has 0 spiro atoms. The SMILES string of the molecule is c1ccc(COCC2O[C@@H](c3ccccc3)C(OCc3ccccc3)C(OCc3ccccc3)[C@H]2OCc2ccccc2)cc1.